The summed E-state index contributed by atoms with van der Waals surface area (Å²) in [6.07, 6.45) is 12.8. The Kier molecular flexibility index (Phi) is 6.35. The summed E-state index contributed by atoms with van der Waals surface area (Å²) in [5.41, 5.74) is 9.16. The number of benzene rings is 1. The molecule has 2 aliphatic heterocycles. The summed E-state index contributed by atoms with van der Waals surface area (Å²) >= 11 is 0. The number of allylic oxidation sites excluding steroid dienone is 1. The summed E-state index contributed by atoms with van der Waals surface area (Å²) in [7, 11) is 0. The lowest BCUT2D eigenvalue weighted by molar-refractivity contribution is 0.105. The van der Waals surface area contributed by atoms with Crippen molar-refractivity contribution in [2.24, 2.45) is 5.92 Å². The predicted octanol–water partition coefficient (Wildman–Crippen LogP) is 5.33. The van der Waals surface area contributed by atoms with Crippen LogP contribution in [0.2, 0.25) is 0 Å². The first kappa shape index (κ1) is 24.1. The van der Waals surface area contributed by atoms with Crippen molar-refractivity contribution >= 4 is 22.3 Å². The molecule has 7 rings (SSSR count). The van der Waals surface area contributed by atoms with Crippen LogP contribution in [0.15, 0.2) is 36.0 Å². The number of anilines is 1. The van der Waals surface area contributed by atoms with E-state index >= 15 is 0 Å². The van der Waals surface area contributed by atoms with Gasteiger partial charge >= 0.3 is 0 Å². The Morgan fingerprint density at radius 2 is 1.79 bits per heavy atom. The Bertz CT molecular complexity index is 1360. The first-order valence-corrected chi connectivity index (χ1v) is 14.7. The number of aliphatic hydroxyl groups excluding tert-OH is 1. The van der Waals surface area contributed by atoms with E-state index in [4.69, 9.17) is 5.10 Å². The van der Waals surface area contributed by atoms with Gasteiger partial charge in [0.2, 0.25) is 0 Å². The number of hydrogen-bond acceptors (Lipinski definition) is 5. The molecule has 0 radical (unpaired) electrons. The van der Waals surface area contributed by atoms with Gasteiger partial charge in [0.1, 0.15) is 11.5 Å². The molecule has 0 amide bonds. The lowest BCUT2D eigenvalue weighted by Crippen LogP contribution is -2.35. The molecule has 2 aliphatic carbocycles. The maximum Gasteiger partial charge on any atom is 0.124 e. The van der Waals surface area contributed by atoms with Crippen LogP contribution in [0.1, 0.15) is 68.3 Å². The van der Waals surface area contributed by atoms with Crippen LogP contribution in [0.25, 0.3) is 16.6 Å². The second-order valence-corrected chi connectivity index (χ2v) is 11.7. The van der Waals surface area contributed by atoms with Gasteiger partial charge in [-0.15, -0.1) is 0 Å². The van der Waals surface area contributed by atoms with Gasteiger partial charge in [0.15, 0.2) is 0 Å². The number of fused-ring (bicyclic) bond motifs is 2. The number of aryl methyl sites for hydroxylation is 1. The third-order valence-corrected chi connectivity index (χ3v) is 9.23. The first-order valence-electron chi connectivity index (χ1n) is 14.7. The Balaban J connectivity index is 1.03. The molecule has 4 heterocycles. The largest absolute Gasteiger partial charge is 0.393 e. The number of nitrogens with zero attached hydrogens (tertiary/aromatic N) is 5. The molecule has 2 aromatic heterocycles. The molecule has 3 aromatic rings. The third-order valence-electron chi connectivity index (χ3n) is 9.23. The molecule has 0 spiro atoms. The Morgan fingerprint density at radius 1 is 0.974 bits per heavy atom. The second kappa shape index (κ2) is 9.99. The zero-order valence-corrected chi connectivity index (χ0v) is 22.2. The second-order valence-electron chi connectivity index (χ2n) is 11.7. The standard InChI is InChI=1S/C31H38FN5O/c32-23-6-7-27-26(20-23)28(8-14-33-27)35-15-9-21(10-16-35)11-19-37-29-3-1-2-25(29)30(34-37)31(22-4-5-22)36-17-12-24(38)13-18-36/h6-8,14,20-21,24,38H,1-5,9-13,15-19H2. The van der Waals surface area contributed by atoms with E-state index in [1.54, 1.807) is 17.7 Å². The van der Waals surface area contributed by atoms with Gasteiger partial charge in [-0.2, -0.15) is 5.10 Å². The summed E-state index contributed by atoms with van der Waals surface area (Å²) in [4.78, 5) is 9.35. The zero-order chi connectivity index (χ0) is 25.6. The topological polar surface area (TPSA) is 57.4 Å². The Morgan fingerprint density at radius 3 is 2.58 bits per heavy atom. The van der Waals surface area contributed by atoms with Crippen molar-refractivity contribution < 1.29 is 9.50 Å². The quantitative estimate of drug-likeness (QED) is 0.481. The predicted molar refractivity (Wildman–Crippen MR) is 148 cm³/mol. The molecule has 0 unspecified atom stereocenters. The number of pyridine rings is 1. The third kappa shape index (κ3) is 4.59. The summed E-state index contributed by atoms with van der Waals surface area (Å²) < 4.78 is 16.3. The van der Waals surface area contributed by atoms with Crippen molar-refractivity contribution in [1.29, 1.82) is 0 Å². The van der Waals surface area contributed by atoms with Crippen LogP contribution in [-0.4, -0.2) is 57.1 Å². The SMILES string of the molecule is OC1CCN(C(=C2CC2)c2nn(CCC3CCN(c4ccnc5ccc(F)cc45)CC3)c3c2CCC3)CC1. The molecule has 1 aromatic carbocycles. The van der Waals surface area contributed by atoms with Gasteiger partial charge < -0.3 is 14.9 Å². The van der Waals surface area contributed by atoms with Gasteiger partial charge in [-0.25, -0.2) is 4.39 Å². The molecule has 1 saturated carbocycles. The number of aromatic nitrogens is 3. The van der Waals surface area contributed by atoms with E-state index in [2.05, 4.69) is 19.5 Å². The van der Waals surface area contributed by atoms with Crippen molar-refractivity contribution in [1.82, 2.24) is 19.7 Å². The van der Waals surface area contributed by atoms with Gasteiger partial charge in [-0.05, 0) is 100.0 Å². The molecule has 4 aliphatic rings. The van der Waals surface area contributed by atoms with Gasteiger partial charge in [0, 0.05) is 61.3 Å². The molecule has 0 bridgehead atoms. The van der Waals surface area contributed by atoms with E-state index < -0.39 is 0 Å². The molecular weight excluding hydrogens is 477 g/mol. The van der Waals surface area contributed by atoms with Crippen LogP contribution in [0, 0.1) is 11.7 Å². The molecule has 200 valence electrons. The lowest BCUT2D eigenvalue weighted by atomic mass is 9.93. The first-order chi connectivity index (χ1) is 18.6. The van der Waals surface area contributed by atoms with Gasteiger partial charge in [-0.3, -0.25) is 9.67 Å². The van der Waals surface area contributed by atoms with Gasteiger partial charge in [0.05, 0.1) is 17.3 Å². The zero-order valence-electron chi connectivity index (χ0n) is 22.2. The maximum atomic E-state index is 14.0. The van der Waals surface area contributed by atoms with Crippen LogP contribution < -0.4 is 4.90 Å². The number of aliphatic hydroxyl groups is 1. The fourth-order valence-electron chi connectivity index (χ4n) is 6.96. The van der Waals surface area contributed by atoms with Gasteiger partial charge in [0.25, 0.3) is 0 Å². The van der Waals surface area contributed by atoms with Crippen molar-refractivity contribution in [3.63, 3.8) is 0 Å². The minimum absolute atomic E-state index is 0.148. The minimum Gasteiger partial charge on any atom is -0.393 e. The summed E-state index contributed by atoms with van der Waals surface area (Å²) in [6.45, 7) is 4.89. The fourth-order valence-corrected chi connectivity index (χ4v) is 6.96. The van der Waals surface area contributed by atoms with Gasteiger partial charge in [-0.1, -0.05) is 0 Å². The number of piperidine rings is 2. The maximum absolute atomic E-state index is 14.0. The average Bonchev–Trinajstić information content (AvgIpc) is 3.55. The lowest BCUT2D eigenvalue weighted by Gasteiger charge is -2.34. The monoisotopic (exact) mass is 515 g/mol. The van der Waals surface area contributed by atoms with Crippen molar-refractivity contribution in [3.05, 3.63) is 58.8 Å². The van der Waals surface area contributed by atoms with E-state index in [1.165, 1.54) is 48.0 Å². The van der Waals surface area contributed by atoms with Crippen molar-refractivity contribution in [2.45, 2.75) is 76.9 Å². The number of halogens is 1. The van der Waals surface area contributed by atoms with Crippen LogP contribution in [0.3, 0.4) is 0 Å². The van der Waals surface area contributed by atoms with Crippen molar-refractivity contribution in [3.8, 4) is 0 Å². The molecular formula is C31H38FN5O. The highest BCUT2D eigenvalue weighted by molar-refractivity contribution is 5.91. The highest BCUT2D eigenvalue weighted by atomic mass is 19.1. The van der Waals surface area contributed by atoms with Crippen LogP contribution in [0.4, 0.5) is 10.1 Å². The summed E-state index contributed by atoms with van der Waals surface area (Å²) in [6, 6.07) is 6.92. The smallest absolute Gasteiger partial charge is 0.124 e. The highest BCUT2D eigenvalue weighted by Gasteiger charge is 2.33. The van der Waals surface area contributed by atoms with E-state index in [-0.39, 0.29) is 11.9 Å². The molecule has 0 atom stereocenters. The molecule has 38 heavy (non-hydrogen) atoms. The number of hydrogen-bond donors (Lipinski definition) is 1. The minimum atomic E-state index is -0.203. The average molecular weight is 516 g/mol. The molecule has 2 saturated heterocycles. The van der Waals surface area contributed by atoms with Crippen LogP contribution >= 0.6 is 0 Å². The summed E-state index contributed by atoms with van der Waals surface area (Å²) in [5.74, 6) is 0.483. The Hall–Kier alpha value is -2.93. The van der Waals surface area contributed by atoms with Crippen molar-refractivity contribution in [2.75, 3.05) is 31.1 Å². The molecule has 6 nitrogen and oxygen atoms in total. The number of likely N-dealkylation sites (tertiary alicyclic amines) is 1. The normalized spacial score (nSPS) is 20.4. The highest BCUT2D eigenvalue weighted by Crippen LogP contribution is 2.42. The Labute approximate surface area is 224 Å². The van der Waals surface area contributed by atoms with E-state index in [1.807, 2.05) is 12.3 Å². The molecule has 3 fully saturated rings. The molecule has 7 heteroatoms. The van der Waals surface area contributed by atoms with Crippen LogP contribution in [-0.2, 0) is 19.4 Å². The van der Waals surface area contributed by atoms with Crippen LogP contribution in [0.5, 0.6) is 0 Å². The summed E-state index contributed by atoms with van der Waals surface area (Å²) in [5, 5.41) is 16.2. The number of rotatable bonds is 6. The van der Waals surface area contributed by atoms with E-state index in [0.717, 1.165) is 94.3 Å². The van der Waals surface area contributed by atoms with E-state index in [9.17, 15) is 9.50 Å². The fraction of sp³-hybridized carbons (Fsp3) is 0.548. The molecule has 1 N–H and O–H groups in total. The van der Waals surface area contributed by atoms with E-state index in [0.29, 0.717) is 5.92 Å².